The number of rotatable bonds is 4. The number of hydrogen-bond donors (Lipinski definition) is 2. The van der Waals surface area contributed by atoms with E-state index in [-0.39, 0.29) is 5.82 Å². The Hall–Kier alpha value is -0.930. The monoisotopic (exact) mass is 222 g/mol. The zero-order valence-electron chi connectivity index (χ0n) is 9.83. The van der Waals surface area contributed by atoms with Gasteiger partial charge in [0.15, 0.2) is 0 Å². The van der Waals surface area contributed by atoms with Crippen LogP contribution >= 0.6 is 0 Å². The van der Waals surface area contributed by atoms with Crippen LogP contribution < -0.4 is 11.3 Å². The molecule has 2 nitrogen and oxygen atoms in total. The normalized spacial score (nSPS) is 25.5. The molecule has 0 spiro atoms. The molecule has 0 aliphatic heterocycles. The van der Waals surface area contributed by atoms with Gasteiger partial charge in [0.2, 0.25) is 0 Å². The van der Waals surface area contributed by atoms with Gasteiger partial charge in [0.25, 0.3) is 0 Å². The van der Waals surface area contributed by atoms with Crippen LogP contribution in [0.3, 0.4) is 0 Å². The van der Waals surface area contributed by atoms with E-state index in [9.17, 15) is 4.39 Å². The molecule has 1 saturated carbocycles. The second-order valence-electron chi connectivity index (χ2n) is 4.92. The third kappa shape index (κ3) is 2.42. The minimum atomic E-state index is -0.168. The Bertz CT molecular complexity index is 378. The molecule has 2 rings (SSSR count). The van der Waals surface area contributed by atoms with Crippen LogP contribution in [0.5, 0.6) is 0 Å². The van der Waals surface area contributed by atoms with Crippen LogP contribution in [0.4, 0.5) is 4.39 Å². The molecule has 1 aromatic rings. The summed E-state index contributed by atoms with van der Waals surface area (Å²) < 4.78 is 13.0. The minimum Gasteiger partial charge on any atom is -0.271 e. The maximum Gasteiger partial charge on any atom is 0.123 e. The second-order valence-corrected chi connectivity index (χ2v) is 4.92. The molecular weight excluding hydrogens is 203 g/mol. The van der Waals surface area contributed by atoms with E-state index < -0.39 is 0 Å². The van der Waals surface area contributed by atoms with Crippen molar-refractivity contribution in [3.05, 3.63) is 35.1 Å². The Morgan fingerprint density at radius 1 is 1.56 bits per heavy atom. The molecule has 3 atom stereocenters. The highest BCUT2D eigenvalue weighted by Crippen LogP contribution is 2.41. The van der Waals surface area contributed by atoms with E-state index in [1.165, 1.54) is 18.1 Å². The summed E-state index contributed by atoms with van der Waals surface area (Å²) in [5, 5.41) is 0. The number of hydrogen-bond acceptors (Lipinski definition) is 2. The zero-order chi connectivity index (χ0) is 11.7. The SMILES string of the molecule is Cc1cc(F)ccc1CC(NN)C1CC1C. The first kappa shape index (κ1) is 11.6. The largest absolute Gasteiger partial charge is 0.271 e. The van der Waals surface area contributed by atoms with Gasteiger partial charge < -0.3 is 0 Å². The first-order chi connectivity index (χ1) is 7.61. The molecule has 3 unspecified atom stereocenters. The van der Waals surface area contributed by atoms with Crippen molar-refractivity contribution in [2.75, 3.05) is 0 Å². The van der Waals surface area contributed by atoms with Gasteiger partial charge in [-0.15, -0.1) is 0 Å². The molecule has 1 aromatic carbocycles. The molecule has 1 aliphatic carbocycles. The van der Waals surface area contributed by atoms with Gasteiger partial charge in [0.1, 0.15) is 5.82 Å². The summed E-state index contributed by atoms with van der Waals surface area (Å²) in [7, 11) is 0. The lowest BCUT2D eigenvalue weighted by molar-refractivity contribution is 0.453. The van der Waals surface area contributed by atoms with E-state index in [4.69, 9.17) is 5.84 Å². The molecule has 3 N–H and O–H groups in total. The topological polar surface area (TPSA) is 38.0 Å². The van der Waals surface area contributed by atoms with Gasteiger partial charge >= 0.3 is 0 Å². The second kappa shape index (κ2) is 4.52. The van der Waals surface area contributed by atoms with Gasteiger partial charge in [-0.05, 0) is 54.9 Å². The standard InChI is InChI=1S/C13H19FN2/c1-8-5-11(14)4-3-10(8)7-13(16-15)12-6-9(12)2/h3-5,9,12-13,16H,6-7,15H2,1-2H3. The highest BCUT2D eigenvalue weighted by atomic mass is 19.1. The van der Waals surface area contributed by atoms with Gasteiger partial charge in [0, 0.05) is 6.04 Å². The predicted octanol–water partition coefficient (Wildman–Crippen LogP) is 2.16. The van der Waals surface area contributed by atoms with E-state index >= 15 is 0 Å². The quantitative estimate of drug-likeness (QED) is 0.605. The molecule has 16 heavy (non-hydrogen) atoms. The molecule has 0 amide bonds. The number of aryl methyl sites for hydroxylation is 1. The average molecular weight is 222 g/mol. The first-order valence-electron chi connectivity index (χ1n) is 5.83. The summed E-state index contributed by atoms with van der Waals surface area (Å²) in [6.45, 7) is 4.19. The Labute approximate surface area is 96.0 Å². The molecule has 0 heterocycles. The number of nitrogens with one attached hydrogen (secondary N) is 1. The average Bonchev–Trinajstić information content (AvgIpc) is 2.94. The highest BCUT2D eigenvalue weighted by Gasteiger charge is 2.38. The summed E-state index contributed by atoms with van der Waals surface area (Å²) in [5.41, 5.74) is 5.08. The lowest BCUT2D eigenvalue weighted by atomic mass is 9.98. The van der Waals surface area contributed by atoms with Crippen LogP contribution in [0, 0.1) is 24.6 Å². The van der Waals surface area contributed by atoms with E-state index in [1.807, 2.05) is 13.0 Å². The van der Waals surface area contributed by atoms with Crippen molar-refractivity contribution < 1.29 is 4.39 Å². The van der Waals surface area contributed by atoms with Crippen LogP contribution in [0.15, 0.2) is 18.2 Å². The Morgan fingerprint density at radius 2 is 2.25 bits per heavy atom. The van der Waals surface area contributed by atoms with Crippen molar-refractivity contribution in [2.24, 2.45) is 17.7 Å². The maximum atomic E-state index is 13.0. The third-order valence-electron chi connectivity index (χ3n) is 3.65. The summed E-state index contributed by atoms with van der Waals surface area (Å²) in [5.74, 6) is 6.85. The summed E-state index contributed by atoms with van der Waals surface area (Å²) in [6.07, 6.45) is 2.13. The number of hydrazine groups is 1. The molecule has 0 saturated heterocycles. The number of halogens is 1. The number of nitrogens with two attached hydrogens (primary N) is 1. The molecule has 1 aliphatic rings. The Balaban J connectivity index is 2.07. The smallest absolute Gasteiger partial charge is 0.123 e. The summed E-state index contributed by atoms with van der Waals surface area (Å²) in [4.78, 5) is 0. The van der Waals surface area contributed by atoms with Gasteiger partial charge in [-0.1, -0.05) is 13.0 Å². The first-order valence-corrected chi connectivity index (χ1v) is 5.83. The molecule has 0 aromatic heterocycles. The van der Waals surface area contributed by atoms with Gasteiger partial charge in [0.05, 0.1) is 0 Å². The van der Waals surface area contributed by atoms with Crippen LogP contribution in [0.1, 0.15) is 24.5 Å². The lowest BCUT2D eigenvalue weighted by Gasteiger charge is -2.17. The number of benzene rings is 1. The van der Waals surface area contributed by atoms with Crippen LogP contribution in [0.25, 0.3) is 0 Å². The fourth-order valence-electron chi connectivity index (χ4n) is 2.37. The Morgan fingerprint density at radius 3 is 2.75 bits per heavy atom. The fraction of sp³-hybridized carbons (Fsp3) is 0.538. The van der Waals surface area contributed by atoms with E-state index in [0.717, 1.165) is 17.9 Å². The van der Waals surface area contributed by atoms with Gasteiger partial charge in [-0.3, -0.25) is 11.3 Å². The highest BCUT2D eigenvalue weighted by molar-refractivity contribution is 5.27. The maximum absolute atomic E-state index is 13.0. The van der Waals surface area contributed by atoms with E-state index in [1.54, 1.807) is 6.07 Å². The van der Waals surface area contributed by atoms with Crippen molar-refractivity contribution in [1.82, 2.24) is 5.43 Å². The van der Waals surface area contributed by atoms with E-state index in [0.29, 0.717) is 12.0 Å². The van der Waals surface area contributed by atoms with Crippen molar-refractivity contribution >= 4 is 0 Å². The third-order valence-corrected chi connectivity index (χ3v) is 3.65. The van der Waals surface area contributed by atoms with Crippen LogP contribution in [-0.4, -0.2) is 6.04 Å². The van der Waals surface area contributed by atoms with Gasteiger partial charge in [-0.25, -0.2) is 4.39 Å². The molecule has 0 radical (unpaired) electrons. The zero-order valence-corrected chi connectivity index (χ0v) is 9.83. The van der Waals surface area contributed by atoms with Crippen molar-refractivity contribution in [3.63, 3.8) is 0 Å². The van der Waals surface area contributed by atoms with Gasteiger partial charge in [-0.2, -0.15) is 0 Å². The van der Waals surface area contributed by atoms with Crippen molar-refractivity contribution in [1.29, 1.82) is 0 Å². The summed E-state index contributed by atoms with van der Waals surface area (Å²) >= 11 is 0. The van der Waals surface area contributed by atoms with Crippen LogP contribution in [-0.2, 0) is 6.42 Å². The predicted molar refractivity (Wildman–Crippen MR) is 63.2 cm³/mol. The summed E-state index contributed by atoms with van der Waals surface area (Å²) in [6, 6.07) is 5.28. The minimum absolute atomic E-state index is 0.168. The molecular formula is C13H19FN2. The molecule has 3 heteroatoms. The Kier molecular flexibility index (Phi) is 3.26. The molecule has 1 fully saturated rings. The molecule has 0 bridgehead atoms. The lowest BCUT2D eigenvalue weighted by Crippen LogP contribution is -2.39. The molecule has 88 valence electrons. The van der Waals surface area contributed by atoms with Crippen molar-refractivity contribution in [3.8, 4) is 0 Å². The van der Waals surface area contributed by atoms with Crippen molar-refractivity contribution in [2.45, 2.75) is 32.7 Å². The fourth-order valence-corrected chi connectivity index (χ4v) is 2.37. The van der Waals surface area contributed by atoms with Crippen LogP contribution in [0.2, 0.25) is 0 Å². The van der Waals surface area contributed by atoms with E-state index in [2.05, 4.69) is 12.3 Å².